The molecule has 0 spiro atoms. The Hall–Kier alpha value is -0.880. The highest BCUT2D eigenvalue weighted by molar-refractivity contribution is 7.26. The van der Waals surface area contributed by atoms with Gasteiger partial charge in [0.2, 0.25) is 0 Å². The van der Waals surface area contributed by atoms with E-state index in [1.807, 2.05) is 55.8 Å². The van der Waals surface area contributed by atoms with Crippen molar-refractivity contribution in [2.75, 3.05) is 4.67 Å². The number of para-hydroxylation sites is 1. The fourth-order valence-electron chi connectivity index (χ4n) is 1.13. The summed E-state index contributed by atoms with van der Waals surface area (Å²) in [5, 5.41) is 0. The molecule has 0 N–H and O–H groups in total. The van der Waals surface area contributed by atoms with E-state index in [9.17, 15) is 4.57 Å². The average Bonchev–Trinajstić information content (AvgIpc) is 2.05. The third-order valence-electron chi connectivity index (χ3n) is 1.72. The molecule has 0 radical (unpaired) electrons. The molecule has 0 aliphatic heterocycles. The molecule has 2 nitrogen and oxygen atoms in total. The van der Waals surface area contributed by atoms with Gasteiger partial charge in [-0.15, -0.1) is 0 Å². The maximum atomic E-state index is 11.0. The molecule has 0 saturated heterocycles. The summed E-state index contributed by atoms with van der Waals surface area (Å²) in [6.07, 6.45) is 0. The first kappa shape index (κ1) is 10.2. The summed E-state index contributed by atoms with van der Waals surface area (Å²) in [7, 11) is 0.0372. The summed E-state index contributed by atoms with van der Waals surface area (Å²) in [5.41, 5.74) is 0.858. The summed E-state index contributed by atoms with van der Waals surface area (Å²) in [6, 6.07) is 9.75. The van der Waals surface area contributed by atoms with Gasteiger partial charge in [0.05, 0.1) is 0 Å². The van der Waals surface area contributed by atoms with Gasteiger partial charge < -0.3 is 0 Å². The van der Waals surface area contributed by atoms with E-state index in [0.29, 0.717) is 0 Å². The second-order valence-electron chi connectivity index (χ2n) is 3.90. The molecular weight excluding hydrogens is 181 g/mol. The van der Waals surface area contributed by atoms with Crippen molar-refractivity contribution < 1.29 is 4.57 Å². The first-order valence-corrected chi connectivity index (χ1v) is 5.01. The highest BCUT2D eigenvalue weighted by Crippen LogP contribution is 2.29. The molecule has 1 aromatic rings. The topological polar surface area (TPSA) is 20.3 Å². The second-order valence-corrected chi connectivity index (χ2v) is 4.46. The SMILES string of the molecule is CC(C)(C)N(P=O)c1ccccc1. The quantitative estimate of drug-likeness (QED) is 0.673. The van der Waals surface area contributed by atoms with Crippen LogP contribution in [0, 0.1) is 0 Å². The molecule has 0 bridgehead atoms. The molecule has 0 amide bonds. The average molecular weight is 195 g/mol. The second kappa shape index (κ2) is 3.89. The smallest absolute Gasteiger partial charge is 0.282 e. The van der Waals surface area contributed by atoms with Crippen LogP contribution < -0.4 is 4.67 Å². The van der Waals surface area contributed by atoms with Gasteiger partial charge in [-0.25, -0.2) is 4.57 Å². The normalized spacial score (nSPS) is 11.6. The Morgan fingerprint density at radius 1 is 1.15 bits per heavy atom. The largest absolute Gasteiger partial charge is 0.286 e. The maximum Gasteiger partial charge on any atom is 0.282 e. The minimum absolute atomic E-state index is 0.0372. The van der Waals surface area contributed by atoms with Gasteiger partial charge in [-0.3, -0.25) is 4.67 Å². The van der Waals surface area contributed by atoms with Crippen molar-refractivity contribution in [3.05, 3.63) is 30.3 Å². The van der Waals surface area contributed by atoms with E-state index in [2.05, 4.69) is 0 Å². The lowest BCUT2D eigenvalue weighted by atomic mass is 10.1. The predicted octanol–water partition coefficient (Wildman–Crippen LogP) is 3.50. The van der Waals surface area contributed by atoms with Crippen LogP contribution >= 0.6 is 8.61 Å². The van der Waals surface area contributed by atoms with Gasteiger partial charge in [-0.1, -0.05) is 18.2 Å². The lowest BCUT2D eigenvalue weighted by Crippen LogP contribution is -2.33. The van der Waals surface area contributed by atoms with E-state index in [1.165, 1.54) is 0 Å². The Labute approximate surface area is 80.8 Å². The minimum atomic E-state index is -0.120. The standard InChI is InChI=1S/C10H14NOP/c1-10(2,3)11(13-12)9-7-5-4-6-8-9/h4-8H,1-3H3. The lowest BCUT2D eigenvalue weighted by molar-refractivity contribution is 0.553. The van der Waals surface area contributed by atoms with Gasteiger partial charge in [0.25, 0.3) is 8.61 Å². The van der Waals surface area contributed by atoms with Crippen LogP contribution in [0.5, 0.6) is 0 Å². The van der Waals surface area contributed by atoms with Crippen LogP contribution in [-0.2, 0) is 4.57 Å². The minimum Gasteiger partial charge on any atom is -0.286 e. The van der Waals surface area contributed by atoms with E-state index in [-0.39, 0.29) is 14.1 Å². The molecule has 1 rings (SSSR count). The zero-order chi connectivity index (χ0) is 9.90. The van der Waals surface area contributed by atoms with Crippen LogP contribution in [0.25, 0.3) is 0 Å². The van der Waals surface area contributed by atoms with E-state index in [4.69, 9.17) is 0 Å². The number of hydrogen-bond acceptors (Lipinski definition) is 1. The zero-order valence-electron chi connectivity index (χ0n) is 8.19. The summed E-state index contributed by atoms with van der Waals surface area (Å²) < 4.78 is 12.8. The molecule has 70 valence electrons. The maximum absolute atomic E-state index is 11.0. The number of benzene rings is 1. The van der Waals surface area contributed by atoms with Gasteiger partial charge in [-0.05, 0) is 32.9 Å². The first-order valence-electron chi connectivity index (χ1n) is 4.24. The number of nitrogens with zero attached hydrogens (tertiary/aromatic N) is 1. The highest BCUT2D eigenvalue weighted by atomic mass is 31.1. The van der Waals surface area contributed by atoms with E-state index in [0.717, 1.165) is 5.69 Å². The Kier molecular flexibility index (Phi) is 3.05. The summed E-state index contributed by atoms with van der Waals surface area (Å²) in [5.74, 6) is 0. The van der Waals surface area contributed by atoms with Crippen LogP contribution in [0.2, 0.25) is 0 Å². The summed E-state index contributed by atoms with van der Waals surface area (Å²) >= 11 is 0. The summed E-state index contributed by atoms with van der Waals surface area (Å²) in [4.78, 5) is 0. The van der Waals surface area contributed by atoms with E-state index in [1.54, 1.807) is 0 Å². The van der Waals surface area contributed by atoms with Crippen molar-refractivity contribution in [3.63, 3.8) is 0 Å². The van der Waals surface area contributed by atoms with Crippen molar-refractivity contribution in [1.29, 1.82) is 0 Å². The van der Waals surface area contributed by atoms with Crippen molar-refractivity contribution in [2.24, 2.45) is 0 Å². The van der Waals surface area contributed by atoms with Gasteiger partial charge in [0.1, 0.15) is 0 Å². The lowest BCUT2D eigenvalue weighted by Gasteiger charge is -2.30. The molecule has 0 fully saturated rings. The van der Waals surface area contributed by atoms with Crippen molar-refractivity contribution in [2.45, 2.75) is 26.3 Å². The van der Waals surface area contributed by atoms with Crippen LogP contribution in [0.3, 0.4) is 0 Å². The van der Waals surface area contributed by atoms with Crippen LogP contribution in [0.1, 0.15) is 20.8 Å². The van der Waals surface area contributed by atoms with Gasteiger partial charge in [0, 0.05) is 11.2 Å². The summed E-state index contributed by atoms with van der Waals surface area (Å²) in [6.45, 7) is 6.10. The van der Waals surface area contributed by atoms with Gasteiger partial charge in [0.15, 0.2) is 0 Å². The molecule has 0 unspecified atom stereocenters. The monoisotopic (exact) mass is 195 g/mol. The molecule has 0 aliphatic rings. The molecule has 0 aliphatic carbocycles. The number of hydrogen-bond donors (Lipinski definition) is 0. The van der Waals surface area contributed by atoms with Crippen molar-refractivity contribution >= 4 is 14.3 Å². The molecule has 0 aromatic heterocycles. The third kappa shape index (κ3) is 2.53. The Balaban J connectivity index is 2.99. The molecule has 0 saturated carbocycles. The van der Waals surface area contributed by atoms with Gasteiger partial charge in [-0.2, -0.15) is 0 Å². The zero-order valence-corrected chi connectivity index (χ0v) is 9.08. The van der Waals surface area contributed by atoms with Crippen LogP contribution in [0.4, 0.5) is 5.69 Å². The van der Waals surface area contributed by atoms with Crippen molar-refractivity contribution in [3.8, 4) is 0 Å². The molecular formula is C10H14NOP. The number of rotatable bonds is 2. The molecule has 3 heteroatoms. The highest BCUT2D eigenvalue weighted by Gasteiger charge is 2.21. The van der Waals surface area contributed by atoms with Crippen molar-refractivity contribution in [1.82, 2.24) is 0 Å². The Morgan fingerprint density at radius 2 is 1.69 bits per heavy atom. The first-order chi connectivity index (χ1) is 6.05. The predicted molar refractivity (Wildman–Crippen MR) is 56.3 cm³/mol. The molecule has 13 heavy (non-hydrogen) atoms. The Morgan fingerprint density at radius 3 is 2.08 bits per heavy atom. The molecule has 1 aromatic carbocycles. The molecule has 0 heterocycles. The number of anilines is 1. The fourth-order valence-corrected chi connectivity index (χ4v) is 1.60. The van der Waals surface area contributed by atoms with E-state index < -0.39 is 0 Å². The Bertz CT molecular complexity index is 279. The van der Waals surface area contributed by atoms with Crippen LogP contribution in [0.15, 0.2) is 30.3 Å². The fraction of sp³-hybridized carbons (Fsp3) is 0.400. The van der Waals surface area contributed by atoms with Crippen LogP contribution in [-0.4, -0.2) is 5.54 Å². The molecule has 0 atom stereocenters. The third-order valence-corrected chi connectivity index (χ3v) is 2.71. The van der Waals surface area contributed by atoms with E-state index >= 15 is 0 Å². The van der Waals surface area contributed by atoms with Gasteiger partial charge >= 0.3 is 0 Å².